The number of benzene rings is 2. The average molecular weight is 301 g/mol. The van der Waals surface area contributed by atoms with Crippen molar-refractivity contribution in [2.45, 2.75) is 13.1 Å². The first kappa shape index (κ1) is 14.5. The van der Waals surface area contributed by atoms with E-state index in [1.807, 2.05) is 0 Å². The molecule has 0 heterocycles. The Kier molecular flexibility index (Phi) is 3.81. The van der Waals surface area contributed by atoms with Crippen LogP contribution in [0.3, 0.4) is 0 Å². The number of nitrogen functional groups attached to an aromatic ring is 1. The van der Waals surface area contributed by atoms with Crippen molar-refractivity contribution in [3.05, 3.63) is 52.5 Å². The Morgan fingerprint density at radius 3 is 2.50 bits per heavy atom. The number of halogens is 4. The summed E-state index contributed by atoms with van der Waals surface area (Å²) in [6.07, 6.45) is -4.37. The molecule has 0 fully saturated rings. The first-order chi connectivity index (χ1) is 9.27. The minimum Gasteiger partial charge on any atom is -0.398 e. The monoisotopic (exact) mass is 300 g/mol. The molecule has 0 bridgehead atoms. The van der Waals surface area contributed by atoms with Crippen molar-refractivity contribution in [1.82, 2.24) is 0 Å². The van der Waals surface area contributed by atoms with Crippen LogP contribution in [0.1, 0.15) is 11.1 Å². The Labute approximate surface area is 119 Å². The van der Waals surface area contributed by atoms with Gasteiger partial charge in [0.05, 0.1) is 16.3 Å². The van der Waals surface area contributed by atoms with E-state index in [1.165, 1.54) is 6.07 Å². The van der Waals surface area contributed by atoms with Gasteiger partial charge in [-0.1, -0.05) is 17.7 Å². The predicted octanol–water partition coefficient (Wildman–Crippen LogP) is 4.99. The number of hydrogen-bond acceptors (Lipinski definition) is 2. The molecular weight excluding hydrogens is 289 g/mol. The summed E-state index contributed by atoms with van der Waals surface area (Å²) in [5.41, 5.74) is 7.13. The van der Waals surface area contributed by atoms with Crippen LogP contribution >= 0.6 is 11.6 Å². The summed E-state index contributed by atoms with van der Waals surface area (Å²) < 4.78 is 37.9. The van der Waals surface area contributed by atoms with Crippen molar-refractivity contribution >= 4 is 28.7 Å². The summed E-state index contributed by atoms with van der Waals surface area (Å²) in [6.45, 7) is 1.79. The molecule has 0 aliphatic rings. The minimum absolute atomic E-state index is 0.337. The van der Waals surface area contributed by atoms with Crippen molar-refractivity contribution in [3.8, 4) is 0 Å². The number of aryl methyl sites for hydroxylation is 1. The highest BCUT2D eigenvalue weighted by Gasteiger charge is 2.30. The minimum atomic E-state index is -4.37. The molecule has 2 aromatic carbocycles. The van der Waals surface area contributed by atoms with Gasteiger partial charge in [0.15, 0.2) is 0 Å². The van der Waals surface area contributed by atoms with Crippen LogP contribution < -0.4 is 11.1 Å². The van der Waals surface area contributed by atoms with E-state index in [2.05, 4.69) is 5.32 Å². The lowest BCUT2D eigenvalue weighted by molar-refractivity contribution is -0.137. The molecule has 0 saturated heterocycles. The second-order valence-corrected chi connectivity index (χ2v) is 4.80. The van der Waals surface area contributed by atoms with Gasteiger partial charge >= 0.3 is 6.18 Å². The largest absolute Gasteiger partial charge is 0.416 e. The maximum absolute atomic E-state index is 12.6. The van der Waals surface area contributed by atoms with Crippen molar-refractivity contribution in [2.75, 3.05) is 11.1 Å². The fourth-order valence-corrected chi connectivity index (χ4v) is 1.93. The van der Waals surface area contributed by atoms with Gasteiger partial charge in [0, 0.05) is 11.4 Å². The number of hydrogen-bond donors (Lipinski definition) is 2. The Morgan fingerprint density at radius 1 is 1.15 bits per heavy atom. The molecule has 2 nitrogen and oxygen atoms in total. The second kappa shape index (κ2) is 5.25. The number of rotatable bonds is 2. The smallest absolute Gasteiger partial charge is 0.398 e. The molecule has 0 aromatic heterocycles. The standard InChI is InChI=1S/C14H12ClF3N2/c1-8-5-12(19)11(15)7-13(8)20-10-4-2-3-9(6-10)14(16,17)18/h2-7,20H,19H2,1H3. The van der Waals surface area contributed by atoms with Crippen LogP contribution in [0.15, 0.2) is 36.4 Å². The Balaban J connectivity index is 2.33. The predicted molar refractivity (Wildman–Crippen MR) is 75.3 cm³/mol. The van der Waals surface area contributed by atoms with Gasteiger partial charge in [-0.05, 0) is 42.8 Å². The van der Waals surface area contributed by atoms with Gasteiger partial charge in [-0.25, -0.2) is 0 Å². The number of anilines is 3. The maximum Gasteiger partial charge on any atom is 0.416 e. The van der Waals surface area contributed by atoms with E-state index in [0.29, 0.717) is 22.1 Å². The quantitative estimate of drug-likeness (QED) is 0.767. The average Bonchev–Trinajstić information content (AvgIpc) is 2.35. The van der Waals surface area contributed by atoms with Gasteiger partial charge in [0.2, 0.25) is 0 Å². The zero-order valence-corrected chi connectivity index (χ0v) is 11.3. The summed E-state index contributed by atoms with van der Waals surface area (Å²) in [4.78, 5) is 0. The highest BCUT2D eigenvalue weighted by atomic mass is 35.5. The zero-order chi connectivity index (χ0) is 14.9. The summed E-state index contributed by atoms with van der Waals surface area (Å²) >= 11 is 5.91. The van der Waals surface area contributed by atoms with E-state index < -0.39 is 11.7 Å². The summed E-state index contributed by atoms with van der Waals surface area (Å²) in [6, 6.07) is 8.22. The molecule has 0 aliphatic carbocycles. The normalized spacial score (nSPS) is 11.4. The van der Waals surface area contributed by atoms with Gasteiger partial charge in [-0.15, -0.1) is 0 Å². The van der Waals surface area contributed by atoms with Crippen molar-refractivity contribution in [1.29, 1.82) is 0 Å². The fourth-order valence-electron chi connectivity index (χ4n) is 1.77. The van der Waals surface area contributed by atoms with Crippen LogP contribution in [0.2, 0.25) is 5.02 Å². The molecule has 20 heavy (non-hydrogen) atoms. The molecular formula is C14H12ClF3N2. The zero-order valence-electron chi connectivity index (χ0n) is 10.6. The van der Waals surface area contributed by atoms with Crippen LogP contribution in [-0.2, 0) is 6.18 Å². The van der Waals surface area contributed by atoms with Crippen molar-refractivity contribution in [2.24, 2.45) is 0 Å². The molecule has 3 N–H and O–H groups in total. The third-order valence-electron chi connectivity index (χ3n) is 2.81. The molecule has 2 aromatic rings. The van der Waals surface area contributed by atoms with Gasteiger partial charge < -0.3 is 11.1 Å². The van der Waals surface area contributed by atoms with Crippen LogP contribution in [0.5, 0.6) is 0 Å². The number of nitrogens with two attached hydrogens (primary N) is 1. The summed E-state index contributed by atoms with van der Waals surface area (Å²) in [5.74, 6) is 0. The van der Waals surface area contributed by atoms with Gasteiger partial charge in [0.25, 0.3) is 0 Å². The Morgan fingerprint density at radius 2 is 1.85 bits per heavy atom. The highest BCUT2D eigenvalue weighted by molar-refractivity contribution is 6.33. The van der Waals surface area contributed by atoms with E-state index in [9.17, 15) is 13.2 Å². The molecule has 0 saturated carbocycles. The fraction of sp³-hybridized carbons (Fsp3) is 0.143. The topological polar surface area (TPSA) is 38.0 Å². The summed E-state index contributed by atoms with van der Waals surface area (Å²) in [5, 5.41) is 3.26. The molecule has 2 rings (SSSR count). The highest BCUT2D eigenvalue weighted by Crippen LogP contribution is 2.33. The molecule has 0 atom stereocenters. The Hall–Kier alpha value is -1.88. The third-order valence-corrected chi connectivity index (χ3v) is 3.14. The first-order valence-electron chi connectivity index (χ1n) is 5.77. The molecule has 0 radical (unpaired) electrons. The Bertz CT molecular complexity index is 639. The van der Waals surface area contributed by atoms with Crippen LogP contribution in [-0.4, -0.2) is 0 Å². The molecule has 0 aliphatic heterocycles. The second-order valence-electron chi connectivity index (χ2n) is 4.39. The van der Waals surface area contributed by atoms with Crippen molar-refractivity contribution < 1.29 is 13.2 Å². The van der Waals surface area contributed by atoms with Gasteiger partial charge in [0.1, 0.15) is 0 Å². The van der Waals surface area contributed by atoms with Crippen LogP contribution in [0, 0.1) is 6.92 Å². The number of alkyl halides is 3. The molecule has 106 valence electrons. The van der Waals surface area contributed by atoms with E-state index in [1.54, 1.807) is 25.1 Å². The van der Waals surface area contributed by atoms with Gasteiger partial charge in [-0.2, -0.15) is 13.2 Å². The molecule has 6 heteroatoms. The molecule has 0 amide bonds. The maximum atomic E-state index is 12.6. The van der Waals surface area contributed by atoms with Crippen LogP contribution in [0.25, 0.3) is 0 Å². The SMILES string of the molecule is Cc1cc(N)c(Cl)cc1Nc1cccc(C(F)(F)F)c1. The van der Waals surface area contributed by atoms with E-state index in [0.717, 1.165) is 17.7 Å². The van der Waals surface area contributed by atoms with E-state index in [4.69, 9.17) is 17.3 Å². The lowest BCUT2D eigenvalue weighted by atomic mass is 10.1. The third kappa shape index (κ3) is 3.17. The molecule has 0 unspecified atom stereocenters. The first-order valence-corrected chi connectivity index (χ1v) is 6.15. The van der Waals surface area contributed by atoms with E-state index >= 15 is 0 Å². The van der Waals surface area contributed by atoms with Crippen LogP contribution in [0.4, 0.5) is 30.2 Å². The number of nitrogens with one attached hydrogen (secondary N) is 1. The lowest BCUT2D eigenvalue weighted by Gasteiger charge is -2.13. The van der Waals surface area contributed by atoms with Gasteiger partial charge in [-0.3, -0.25) is 0 Å². The summed E-state index contributed by atoms with van der Waals surface area (Å²) in [7, 11) is 0. The lowest BCUT2D eigenvalue weighted by Crippen LogP contribution is -2.05. The van der Waals surface area contributed by atoms with Crippen molar-refractivity contribution in [3.63, 3.8) is 0 Å². The van der Waals surface area contributed by atoms with E-state index in [-0.39, 0.29) is 0 Å². The molecule has 0 spiro atoms.